The molecule has 6 heteroatoms. The maximum absolute atomic E-state index is 10.5. The van der Waals surface area contributed by atoms with Crippen LogP contribution in [0.2, 0.25) is 5.02 Å². The minimum Gasteiger partial charge on any atom is -0.775 e. The van der Waals surface area contributed by atoms with E-state index in [4.69, 9.17) is 16.5 Å². The van der Waals surface area contributed by atoms with Crippen molar-refractivity contribution in [1.82, 2.24) is 0 Å². The van der Waals surface area contributed by atoms with E-state index in [2.05, 4.69) is 0 Å². The van der Waals surface area contributed by atoms with Crippen LogP contribution in [-0.4, -0.2) is 4.89 Å². The summed E-state index contributed by atoms with van der Waals surface area (Å²) in [7, 11) is -4.35. The maximum Gasteiger partial charge on any atom is 1.00 e. The number of rotatable bonds is 1. The second-order valence-corrected chi connectivity index (χ2v) is 3.99. The van der Waals surface area contributed by atoms with Gasteiger partial charge in [0.15, 0.2) is 7.60 Å². The van der Waals surface area contributed by atoms with Crippen LogP contribution in [0.25, 0.3) is 0 Å². The molecule has 0 aliphatic heterocycles. The Morgan fingerprint density at radius 3 is 2.08 bits per heavy atom. The fourth-order valence-corrected chi connectivity index (χ4v) is 1.28. The molecular formula is C6H5ClKO3P. The summed E-state index contributed by atoms with van der Waals surface area (Å²) >= 11 is 5.49. The fourth-order valence-electron chi connectivity index (χ4n) is 0.629. The smallest absolute Gasteiger partial charge is 0.775 e. The van der Waals surface area contributed by atoms with Crippen LogP contribution in [0.5, 0.6) is 0 Å². The molecule has 1 unspecified atom stereocenters. The molecule has 0 fully saturated rings. The van der Waals surface area contributed by atoms with Crippen LogP contribution in [0.3, 0.4) is 0 Å². The van der Waals surface area contributed by atoms with E-state index in [1.807, 2.05) is 0 Å². The molecular weight excluding hydrogens is 226 g/mol. The second kappa shape index (κ2) is 5.24. The van der Waals surface area contributed by atoms with Crippen LogP contribution in [0.1, 0.15) is 0 Å². The summed E-state index contributed by atoms with van der Waals surface area (Å²) in [6.45, 7) is 0. The minimum absolute atomic E-state index is 0. The zero-order chi connectivity index (χ0) is 8.48. The zero-order valence-corrected chi connectivity index (χ0v) is 11.2. The van der Waals surface area contributed by atoms with Gasteiger partial charge < -0.3 is 14.4 Å². The van der Waals surface area contributed by atoms with E-state index in [-0.39, 0.29) is 56.7 Å². The molecule has 0 aliphatic carbocycles. The number of halogens is 1. The maximum atomic E-state index is 10.5. The van der Waals surface area contributed by atoms with Crippen LogP contribution in [0, 0.1) is 0 Å². The van der Waals surface area contributed by atoms with Crippen molar-refractivity contribution in [1.29, 1.82) is 0 Å². The molecule has 0 heterocycles. The number of hydrogen-bond acceptors (Lipinski definition) is 2. The second-order valence-electron chi connectivity index (χ2n) is 2.00. The molecule has 0 amide bonds. The summed E-state index contributed by atoms with van der Waals surface area (Å²) in [4.78, 5) is 19.0. The van der Waals surface area contributed by atoms with Gasteiger partial charge in [0.25, 0.3) is 0 Å². The van der Waals surface area contributed by atoms with Gasteiger partial charge in [-0.05, 0) is 24.3 Å². The average Bonchev–Trinajstić information content (AvgIpc) is 1.86. The Kier molecular flexibility index (Phi) is 5.81. The Hall–Kier alpha value is 1.30. The van der Waals surface area contributed by atoms with Gasteiger partial charge in [-0.2, -0.15) is 0 Å². The zero-order valence-electron chi connectivity index (χ0n) is 6.40. The van der Waals surface area contributed by atoms with Gasteiger partial charge >= 0.3 is 51.4 Å². The first-order chi connectivity index (χ1) is 5.00. The van der Waals surface area contributed by atoms with Gasteiger partial charge in [0.1, 0.15) is 0 Å². The van der Waals surface area contributed by atoms with Gasteiger partial charge in [0.2, 0.25) is 0 Å². The molecule has 12 heavy (non-hydrogen) atoms. The van der Waals surface area contributed by atoms with E-state index >= 15 is 0 Å². The van der Waals surface area contributed by atoms with Crippen molar-refractivity contribution in [3.05, 3.63) is 29.3 Å². The first kappa shape index (κ1) is 13.3. The first-order valence-corrected chi connectivity index (χ1v) is 4.75. The Morgan fingerprint density at radius 1 is 1.33 bits per heavy atom. The van der Waals surface area contributed by atoms with Crippen LogP contribution < -0.4 is 61.6 Å². The normalized spacial score (nSPS) is 14.6. The fraction of sp³-hybridized carbons (Fsp3) is 0. The van der Waals surface area contributed by atoms with Crippen molar-refractivity contribution < 1.29 is 65.7 Å². The molecule has 1 N–H and O–H groups in total. The molecule has 0 bridgehead atoms. The van der Waals surface area contributed by atoms with E-state index in [1.54, 1.807) is 0 Å². The molecule has 1 rings (SSSR count). The first-order valence-electron chi connectivity index (χ1n) is 2.80. The predicted molar refractivity (Wildman–Crippen MR) is 40.9 cm³/mol. The molecule has 1 atom stereocenters. The Labute approximate surface area is 118 Å². The summed E-state index contributed by atoms with van der Waals surface area (Å²) in [5.74, 6) is 0. The van der Waals surface area contributed by atoms with E-state index < -0.39 is 7.60 Å². The summed E-state index contributed by atoms with van der Waals surface area (Å²) in [5, 5.41) is 0.309. The molecule has 60 valence electrons. The molecule has 0 saturated heterocycles. The third-order valence-corrected chi connectivity index (χ3v) is 2.36. The van der Waals surface area contributed by atoms with E-state index in [9.17, 15) is 9.46 Å². The van der Waals surface area contributed by atoms with Crippen LogP contribution in [0.15, 0.2) is 24.3 Å². The standard InChI is InChI=1S/C6H6ClO3P.K/c7-5-1-3-6(4-2-5)11(8,9)10;/h1-4H,(H2,8,9,10);/q;+1/p-1. The van der Waals surface area contributed by atoms with Crippen molar-refractivity contribution >= 4 is 24.5 Å². The van der Waals surface area contributed by atoms with Gasteiger partial charge in [0, 0.05) is 10.3 Å². The van der Waals surface area contributed by atoms with E-state index in [0.29, 0.717) is 5.02 Å². The molecule has 0 saturated carbocycles. The van der Waals surface area contributed by atoms with Crippen molar-refractivity contribution in [3.8, 4) is 0 Å². The largest absolute Gasteiger partial charge is 1.00 e. The molecule has 1 aromatic rings. The van der Waals surface area contributed by atoms with Crippen LogP contribution in [0.4, 0.5) is 0 Å². The van der Waals surface area contributed by atoms with E-state index in [0.717, 1.165) is 0 Å². The van der Waals surface area contributed by atoms with Crippen molar-refractivity contribution in [2.24, 2.45) is 0 Å². The summed E-state index contributed by atoms with van der Waals surface area (Å²) < 4.78 is 10.5. The minimum atomic E-state index is -4.35. The summed E-state index contributed by atoms with van der Waals surface area (Å²) in [6.07, 6.45) is 0. The van der Waals surface area contributed by atoms with Crippen LogP contribution in [-0.2, 0) is 4.57 Å². The van der Waals surface area contributed by atoms with Gasteiger partial charge in [-0.25, -0.2) is 0 Å². The molecule has 3 nitrogen and oxygen atoms in total. The molecule has 0 aliphatic rings. The van der Waals surface area contributed by atoms with E-state index in [1.165, 1.54) is 24.3 Å². The van der Waals surface area contributed by atoms with Crippen molar-refractivity contribution in [2.45, 2.75) is 0 Å². The number of hydrogen-bond donors (Lipinski definition) is 1. The Morgan fingerprint density at radius 2 is 1.75 bits per heavy atom. The third kappa shape index (κ3) is 4.00. The summed E-state index contributed by atoms with van der Waals surface area (Å²) in [6, 6.07) is 5.29. The molecule has 0 aromatic heterocycles. The average molecular weight is 231 g/mol. The molecule has 0 spiro atoms. The SMILES string of the molecule is O=P([O-])(O)c1ccc(Cl)cc1.[K+]. The molecule has 1 aromatic carbocycles. The monoisotopic (exact) mass is 230 g/mol. The quantitative estimate of drug-likeness (QED) is 0.429. The Balaban J connectivity index is 0.00000121. The predicted octanol–water partition coefficient (Wildman–Crippen LogP) is -2.48. The third-order valence-electron chi connectivity index (χ3n) is 1.15. The van der Waals surface area contributed by atoms with Gasteiger partial charge in [-0.1, -0.05) is 11.6 Å². The molecule has 0 radical (unpaired) electrons. The van der Waals surface area contributed by atoms with Gasteiger partial charge in [-0.3, -0.25) is 0 Å². The van der Waals surface area contributed by atoms with Crippen molar-refractivity contribution in [2.75, 3.05) is 0 Å². The van der Waals surface area contributed by atoms with Gasteiger partial charge in [-0.15, -0.1) is 0 Å². The van der Waals surface area contributed by atoms with Crippen LogP contribution >= 0.6 is 19.2 Å². The van der Waals surface area contributed by atoms with Crippen molar-refractivity contribution in [3.63, 3.8) is 0 Å². The summed E-state index contributed by atoms with van der Waals surface area (Å²) in [5.41, 5.74) is 0. The topological polar surface area (TPSA) is 60.4 Å². The van der Waals surface area contributed by atoms with Gasteiger partial charge in [0.05, 0.1) is 0 Å². The number of benzene rings is 1. The Bertz CT molecular complexity index is 294.